The van der Waals surface area contributed by atoms with Crippen molar-refractivity contribution in [3.63, 3.8) is 0 Å². The average Bonchev–Trinajstić information content (AvgIpc) is 3.23. The summed E-state index contributed by atoms with van der Waals surface area (Å²) in [4.78, 5) is 16.8. The van der Waals surface area contributed by atoms with Crippen molar-refractivity contribution >= 4 is 22.5 Å². The summed E-state index contributed by atoms with van der Waals surface area (Å²) in [6, 6.07) is 14.2. The first-order valence-corrected chi connectivity index (χ1v) is 11.2. The number of carbonyl (C=O) groups excluding carboxylic acids is 1. The number of H-pyrrole nitrogens is 1. The molecule has 0 atom stereocenters. The van der Waals surface area contributed by atoms with Crippen molar-refractivity contribution < 1.29 is 15.7 Å². The summed E-state index contributed by atoms with van der Waals surface area (Å²) in [6.45, 7) is 6.57. The minimum Gasteiger partial charge on any atom is -0.448 e. The summed E-state index contributed by atoms with van der Waals surface area (Å²) in [5.41, 5.74) is 3.70. The van der Waals surface area contributed by atoms with E-state index in [1.807, 2.05) is 30.3 Å². The number of aromatic nitrogens is 1. The Labute approximate surface area is 183 Å². The van der Waals surface area contributed by atoms with Crippen molar-refractivity contribution in [1.29, 1.82) is 0 Å². The number of nitrogens with one attached hydrogen (secondary N) is 2. The van der Waals surface area contributed by atoms with Crippen LogP contribution in [-0.2, 0) is 15.6 Å². The molecule has 0 bridgehead atoms. The van der Waals surface area contributed by atoms with Gasteiger partial charge in [-0.05, 0) is 61.2 Å². The summed E-state index contributed by atoms with van der Waals surface area (Å²) in [7, 11) is 0. The molecule has 1 aromatic heterocycles. The van der Waals surface area contributed by atoms with Gasteiger partial charge in [-0.25, -0.2) is 0 Å². The molecular weight excluding hydrogens is 388 g/mol. The molecule has 2 heterocycles. The van der Waals surface area contributed by atoms with E-state index >= 15 is 0 Å². The van der Waals surface area contributed by atoms with Gasteiger partial charge < -0.3 is 19.8 Å². The molecule has 1 aliphatic heterocycles. The molecule has 2 N–H and O–H groups in total. The van der Waals surface area contributed by atoms with Crippen LogP contribution >= 0.6 is 0 Å². The van der Waals surface area contributed by atoms with E-state index in [0.29, 0.717) is 0 Å². The molecule has 0 radical (unpaired) electrons. The normalized spacial score (nSPS) is 20.0. The number of hydrogen-bond donors (Lipinski definition) is 2. The highest BCUT2D eigenvalue weighted by Gasteiger charge is 2.53. The minimum absolute atomic E-state index is 0. The van der Waals surface area contributed by atoms with E-state index < -0.39 is 11.2 Å². The zero-order valence-electron chi connectivity index (χ0n) is 18.3. The van der Waals surface area contributed by atoms with Crippen molar-refractivity contribution in [3.05, 3.63) is 53.7 Å². The maximum atomic E-state index is 13.3. The highest BCUT2D eigenvalue weighted by molar-refractivity contribution is 6.02. The van der Waals surface area contributed by atoms with Gasteiger partial charge in [-0.1, -0.05) is 26.8 Å². The van der Waals surface area contributed by atoms with Crippen LogP contribution in [0.25, 0.3) is 10.9 Å². The first-order valence-electron chi connectivity index (χ1n) is 11.2. The number of carbonyl (C=O) groups is 1. The van der Waals surface area contributed by atoms with Gasteiger partial charge in [-0.3, -0.25) is 4.79 Å². The lowest BCUT2D eigenvalue weighted by molar-refractivity contribution is -0.138. The molecule has 5 nitrogen and oxygen atoms in total. The SMILES string of the molecule is CC(C)(C)c1cc2cc(NC(=O)C3(c4ccc5c(c4)OC4(CCC4)O5)CC3)ccc2[nH]1.[HH]. The highest BCUT2D eigenvalue weighted by atomic mass is 16.7. The number of amides is 1. The van der Waals surface area contributed by atoms with Crippen molar-refractivity contribution in [2.24, 2.45) is 0 Å². The molecule has 0 unspecified atom stereocenters. The molecule has 3 aromatic rings. The fraction of sp³-hybridized carbons (Fsp3) is 0.423. The van der Waals surface area contributed by atoms with Gasteiger partial charge in [-0.2, -0.15) is 0 Å². The van der Waals surface area contributed by atoms with E-state index in [1.54, 1.807) is 0 Å². The number of anilines is 1. The van der Waals surface area contributed by atoms with Gasteiger partial charge in [0.25, 0.3) is 5.79 Å². The van der Waals surface area contributed by atoms with E-state index in [4.69, 9.17) is 9.47 Å². The second-order valence-electron chi connectivity index (χ2n) is 10.4. The van der Waals surface area contributed by atoms with Crippen LogP contribution in [0.15, 0.2) is 42.5 Å². The fourth-order valence-corrected chi connectivity index (χ4v) is 4.70. The molecule has 2 aliphatic carbocycles. The maximum absolute atomic E-state index is 13.3. The summed E-state index contributed by atoms with van der Waals surface area (Å²) >= 11 is 0. The fourth-order valence-electron chi connectivity index (χ4n) is 4.70. The van der Waals surface area contributed by atoms with Crippen LogP contribution in [0.5, 0.6) is 11.5 Å². The Hall–Kier alpha value is -2.95. The van der Waals surface area contributed by atoms with Gasteiger partial charge in [0.1, 0.15) is 0 Å². The molecule has 0 saturated heterocycles. The van der Waals surface area contributed by atoms with Crippen LogP contribution in [0.4, 0.5) is 5.69 Å². The lowest BCUT2D eigenvalue weighted by atomic mass is 9.91. The third-order valence-corrected chi connectivity index (χ3v) is 7.07. The summed E-state index contributed by atoms with van der Waals surface area (Å²) in [6.07, 6.45) is 4.70. The third kappa shape index (κ3) is 2.93. The van der Waals surface area contributed by atoms with Crippen LogP contribution in [0.3, 0.4) is 0 Å². The highest BCUT2D eigenvalue weighted by Crippen LogP contribution is 2.54. The van der Waals surface area contributed by atoms with Crippen molar-refractivity contribution in [2.45, 2.75) is 69.5 Å². The number of hydrogen-bond acceptors (Lipinski definition) is 3. The topological polar surface area (TPSA) is 63.4 Å². The van der Waals surface area contributed by atoms with Gasteiger partial charge in [0.15, 0.2) is 11.5 Å². The molecule has 6 rings (SSSR count). The van der Waals surface area contributed by atoms with Crippen LogP contribution in [0.1, 0.15) is 65.6 Å². The van der Waals surface area contributed by atoms with Gasteiger partial charge >= 0.3 is 0 Å². The second kappa shape index (κ2) is 6.06. The lowest BCUT2D eigenvalue weighted by Gasteiger charge is -2.35. The quantitative estimate of drug-likeness (QED) is 0.546. The Balaban J connectivity index is 0.00000216. The van der Waals surface area contributed by atoms with Gasteiger partial charge in [0.05, 0.1) is 5.41 Å². The predicted octanol–water partition coefficient (Wildman–Crippen LogP) is 6.03. The predicted molar refractivity (Wildman–Crippen MR) is 123 cm³/mol. The minimum atomic E-state index is -0.475. The van der Waals surface area contributed by atoms with E-state index in [9.17, 15) is 4.79 Å². The molecule has 162 valence electrons. The van der Waals surface area contributed by atoms with Crippen LogP contribution in [0.2, 0.25) is 0 Å². The molecular formula is C26H30N2O3. The molecule has 2 aromatic carbocycles. The first kappa shape index (κ1) is 18.8. The van der Waals surface area contributed by atoms with Crippen LogP contribution in [0, 0.1) is 0 Å². The van der Waals surface area contributed by atoms with E-state index in [1.165, 1.54) is 5.69 Å². The Morgan fingerprint density at radius 3 is 2.45 bits per heavy atom. The molecule has 2 fully saturated rings. The second-order valence-corrected chi connectivity index (χ2v) is 10.4. The van der Waals surface area contributed by atoms with E-state index in [-0.39, 0.29) is 12.7 Å². The smallest absolute Gasteiger partial charge is 0.251 e. The Morgan fingerprint density at radius 2 is 1.77 bits per heavy atom. The van der Waals surface area contributed by atoms with Gasteiger partial charge in [0, 0.05) is 42.0 Å². The summed E-state index contributed by atoms with van der Waals surface area (Å²) in [5, 5.41) is 4.28. The van der Waals surface area contributed by atoms with E-state index in [0.717, 1.165) is 65.8 Å². The lowest BCUT2D eigenvalue weighted by Crippen LogP contribution is -2.45. The molecule has 1 spiro atoms. The van der Waals surface area contributed by atoms with Gasteiger partial charge in [0.2, 0.25) is 5.91 Å². The Kier molecular flexibility index (Phi) is 3.67. The average molecular weight is 419 g/mol. The van der Waals surface area contributed by atoms with Crippen LogP contribution < -0.4 is 14.8 Å². The molecule has 1 amide bonds. The standard InChI is InChI=1S/C26H28N2O3.H2/c1-24(2,3)22-14-16-13-18(6-7-19(16)28-22)27-23(29)25(11-12-25)17-5-8-20-21(15-17)31-26(30-20)9-4-10-26;/h5-8,13-15,28H,4,9-12H2,1-3H3,(H,27,29);1H. The summed E-state index contributed by atoms with van der Waals surface area (Å²) < 4.78 is 12.1. The molecule has 3 aliphatic rings. The molecule has 5 heteroatoms. The van der Waals surface area contributed by atoms with Crippen molar-refractivity contribution in [3.8, 4) is 11.5 Å². The first-order chi connectivity index (χ1) is 14.8. The number of aromatic amines is 1. The molecule has 2 saturated carbocycles. The van der Waals surface area contributed by atoms with Crippen LogP contribution in [-0.4, -0.2) is 16.7 Å². The number of ether oxygens (including phenoxy) is 2. The third-order valence-electron chi connectivity index (χ3n) is 7.07. The van der Waals surface area contributed by atoms with E-state index in [2.05, 4.69) is 43.2 Å². The van der Waals surface area contributed by atoms with Crippen molar-refractivity contribution in [1.82, 2.24) is 4.98 Å². The zero-order chi connectivity index (χ0) is 21.4. The maximum Gasteiger partial charge on any atom is 0.251 e. The monoisotopic (exact) mass is 418 g/mol. The largest absolute Gasteiger partial charge is 0.448 e. The van der Waals surface area contributed by atoms with Gasteiger partial charge in [-0.15, -0.1) is 0 Å². The number of rotatable bonds is 3. The number of benzene rings is 2. The zero-order valence-corrected chi connectivity index (χ0v) is 18.3. The number of fused-ring (bicyclic) bond motifs is 2. The summed E-state index contributed by atoms with van der Waals surface area (Å²) in [5.74, 6) is 1.18. The Morgan fingerprint density at radius 1 is 1.00 bits per heavy atom. The van der Waals surface area contributed by atoms with Crippen molar-refractivity contribution in [2.75, 3.05) is 5.32 Å². The Bertz CT molecular complexity index is 1220. The molecule has 31 heavy (non-hydrogen) atoms.